The van der Waals surface area contributed by atoms with E-state index in [9.17, 15) is 19.5 Å². The normalized spacial score (nSPS) is 29.3. The molecule has 1 N–H and O–H groups in total. The number of rotatable bonds is 9. The molecule has 3 aliphatic heterocycles. The summed E-state index contributed by atoms with van der Waals surface area (Å²) < 4.78 is 11.6. The van der Waals surface area contributed by atoms with Gasteiger partial charge in [-0.3, -0.25) is 14.4 Å². The first kappa shape index (κ1) is 24.7. The molecule has 3 aliphatic rings. The van der Waals surface area contributed by atoms with Gasteiger partial charge in [-0.05, 0) is 44.7 Å². The zero-order valence-corrected chi connectivity index (χ0v) is 20.3. The van der Waals surface area contributed by atoms with Crippen LogP contribution in [-0.2, 0) is 23.9 Å². The summed E-state index contributed by atoms with van der Waals surface area (Å²) in [4.78, 5) is 43.8. The van der Waals surface area contributed by atoms with Crippen LogP contribution in [0.25, 0.3) is 0 Å². The topological polar surface area (TPSA) is 96.4 Å². The van der Waals surface area contributed by atoms with E-state index in [1.54, 1.807) is 24.0 Å². The zero-order valence-electron chi connectivity index (χ0n) is 19.5. The van der Waals surface area contributed by atoms with E-state index in [0.29, 0.717) is 30.0 Å². The van der Waals surface area contributed by atoms with Crippen molar-refractivity contribution >= 4 is 35.1 Å². The molecule has 1 aromatic rings. The van der Waals surface area contributed by atoms with Crippen molar-refractivity contribution in [3.8, 4) is 0 Å². The summed E-state index contributed by atoms with van der Waals surface area (Å²) in [5, 5.41) is 9.87. The van der Waals surface area contributed by atoms with Crippen molar-refractivity contribution in [2.75, 3.05) is 31.2 Å². The van der Waals surface area contributed by atoms with Crippen molar-refractivity contribution in [2.24, 2.45) is 11.8 Å². The van der Waals surface area contributed by atoms with Gasteiger partial charge < -0.3 is 24.4 Å². The van der Waals surface area contributed by atoms with Crippen molar-refractivity contribution < 1.29 is 29.0 Å². The molecule has 3 fully saturated rings. The van der Waals surface area contributed by atoms with E-state index in [4.69, 9.17) is 21.1 Å². The van der Waals surface area contributed by atoms with Crippen molar-refractivity contribution in [3.05, 3.63) is 41.4 Å². The number of esters is 1. The SMILES string of the molecule is C=CCN(C(=O)[C@@H]1N(CCCO)C(=O)[C@H]2[C@H](C(=O)OCC)[C@@H]3CC[C@]12O3)c1c(C)cccc1Cl. The first-order valence-electron chi connectivity index (χ1n) is 11.8. The number of aryl methyl sites for hydroxylation is 1. The minimum atomic E-state index is -1.12. The molecule has 0 aromatic heterocycles. The van der Waals surface area contributed by atoms with Gasteiger partial charge in [0.2, 0.25) is 5.91 Å². The number of para-hydroxylation sites is 1. The van der Waals surface area contributed by atoms with Crippen LogP contribution >= 0.6 is 11.6 Å². The maximum absolute atomic E-state index is 14.3. The molecular formula is C25H31ClN2O6. The van der Waals surface area contributed by atoms with Crippen molar-refractivity contribution in [3.63, 3.8) is 0 Å². The summed E-state index contributed by atoms with van der Waals surface area (Å²) in [6.45, 7) is 7.82. The molecule has 34 heavy (non-hydrogen) atoms. The van der Waals surface area contributed by atoms with Gasteiger partial charge >= 0.3 is 5.97 Å². The van der Waals surface area contributed by atoms with Gasteiger partial charge in [-0.2, -0.15) is 0 Å². The van der Waals surface area contributed by atoms with Crippen LogP contribution in [0.2, 0.25) is 5.02 Å². The number of hydrogen-bond acceptors (Lipinski definition) is 6. The molecule has 2 amide bonds. The number of halogens is 1. The number of hydrogen-bond donors (Lipinski definition) is 1. The van der Waals surface area contributed by atoms with Gasteiger partial charge in [-0.25, -0.2) is 0 Å². The highest BCUT2D eigenvalue weighted by atomic mass is 35.5. The summed E-state index contributed by atoms with van der Waals surface area (Å²) in [5.41, 5.74) is 0.238. The van der Waals surface area contributed by atoms with Crippen LogP contribution in [0.4, 0.5) is 5.69 Å². The fourth-order valence-electron chi connectivity index (χ4n) is 5.95. The van der Waals surface area contributed by atoms with E-state index >= 15 is 0 Å². The number of benzene rings is 1. The Hall–Kier alpha value is -2.42. The summed E-state index contributed by atoms with van der Waals surface area (Å²) in [5.74, 6) is -2.65. The molecule has 0 saturated carbocycles. The van der Waals surface area contributed by atoms with Crippen molar-refractivity contribution in [2.45, 2.75) is 50.9 Å². The number of ether oxygens (including phenoxy) is 2. The average molecular weight is 491 g/mol. The molecule has 4 rings (SSSR count). The lowest BCUT2D eigenvalue weighted by Crippen LogP contribution is -2.56. The number of anilines is 1. The first-order chi connectivity index (χ1) is 16.3. The number of carbonyl (C=O) groups excluding carboxylic acids is 3. The van der Waals surface area contributed by atoms with Crippen molar-refractivity contribution in [1.82, 2.24) is 4.90 Å². The second kappa shape index (κ2) is 9.68. The number of nitrogens with zero attached hydrogens (tertiary/aromatic N) is 2. The highest BCUT2D eigenvalue weighted by Crippen LogP contribution is 2.59. The fraction of sp³-hybridized carbons (Fsp3) is 0.560. The van der Waals surface area contributed by atoms with Crippen LogP contribution in [0.15, 0.2) is 30.9 Å². The average Bonchev–Trinajstić information content (AvgIpc) is 3.44. The van der Waals surface area contributed by atoms with Gasteiger partial charge in [0.05, 0.1) is 35.3 Å². The highest BCUT2D eigenvalue weighted by molar-refractivity contribution is 6.34. The van der Waals surface area contributed by atoms with Gasteiger partial charge in [0.15, 0.2) is 0 Å². The molecule has 2 bridgehead atoms. The Morgan fingerprint density at radius 3 is 2.85 bits per heavy atom. The van der Waals surface area contributed by atoms with E-state index in [1.165, 1.54) is 4.90 Å². The lowest BCUT2D eigenvalue weighted by Gasteiger charge is -2.37. The van der Waals surface area contributed by atoms with Gasteiger partial charge in [-0.1, -0.05) is 29.8 Å². The number of aliphatic hydroxyl groups excluding tert-OH is 1. The highest BCUT2D eigenvalue weighted by Gasteiger charge is 2.75. The van der Waals surface area contributed by atoms with E-state index in [-0.39, 0.29) is 38.1 Å². The Labute approximate surface area is 204 Å². The Morgan fingerprint density at radius 2 is 2.21 bits per heavy atom. The molecule has 0 radical (unpaired) electrons. The maximum atomic E-state index is 14.3. The zero-order chi connectivity index (χ0) is 24.6. The maximum Gasteiger partial charge on any atom is 0.312 e. The Balaban J connectivity index is 1.79. The van der Waals surface area contributed by atoms with Gasteiger partial charge in [0.25, 0.3) is 5.91 Å². The van der Waals surface area contributed by atoms with E-state index < -0.39 is 35.6 Å². The Bertz CT molecular complexity index is 979. The first-order valence-corrected chi connectivity index (χ1v) is 12.1. The van der Waals surface area contributed by atoms with Gasteiger partial charge in [0, 0.05) is 19.7 Å². The smallest absolute Gasteiger partial charge is 0.312 e. The second-order valence-corrected chi connectivity index (χ2v) is 9.47. The standard InChI is InChI=1S/C25H31ClN2O6/c1-4-12-27(20-15(3)8-6-9-16(20)26)23(31)21-25-11-10-17(34-25)18(24(32)33-5-2)19(25)22(30)28(21)13-7-14-29/h4,6,8-9,17-19,21,29H,1,5,7,10-14H2,2-3H3/t17-,18+,19+,21-,25+/m0/s1. The monoisotopic (exact) mass is 490 g/mol. The molecule has 5 atom stereocenters. The molecule has 8 nitrogen and oxygen atoms in total. The summed E-state index contributed by atoms with van der Waals surface area (Å²) in [7, 11) is 0. The van der Waals surface area contributed by atoms with Crippen LogP contribution < -0.4 is 4.90 Å². The molecule has 9 heteroatoms. The lowest BCUT2D eigenvalue weighted by molar-refractivity contribution is -0.154. The molecule has 1 spiro atoms. The number of fused-ring (bicyclic) bond motifs is 1. The number of likely N-dealkylation sites (tertiary alicyclic amines) is 1. The lowest BCUT2D eigenvalue weighted by atomic mass is 9.70. The van der Waals surface area contributed by atoms with Crippen LogP contribution in [0.5, 0.6) is 0 Å². The number of aliphatic hydroxyl groups is 1. The summed E-state index contributed by atoms with van der Waals surface area (Å²) >= 11 is 6.51. The minimum absolute atomic E-state index is 0.132. The number of carbonyl (C=O) groups is 3. The van der Waals surface area contributed by atoms with Crippen LogP contribution in [0.3, 0.4) is 0 Å². The Kier molecular flexibility index (Phi) is 7.03. The third-order valence-corrected chi connectivity index (χ3v) is 7.49. The summed E-state index contributed by atoms with van der Waals surface area (Å²) in [6.07, 6.45) is 2.51. The van der Waals surface area contributed by atoms with Crippen LogP contribution in [-0.4, -0.2) is 71.8 Å². The van der Waals surface area contributed by atoms with Gasteiger partial charge in [-0.15, -0.1) is 6.58 Å². The van der Waals surface area contributed by atoms with Gasteiger partial charge in [0.1, 0.15) is 11.6 Å². The van der Waals surface area contributed by atoms with Crippen LogP contribution in [0, 0.1) is 18.8 Å². The molecule has 184 valence electrons. The molecular weight excluding hydrogens is 460 g/mol. The third kappa shape index (κ3) is 3.72. The largest absolute Gasteiger partial charge is 0.466 e. The fourth-order valence-corrected chi connectivity index (χ4v) is 6.28. The van der Waals surface area contributed by atoms with Crippen molar-refractivity contribution in [1.29, 1.82) is 0 Å². The summed E-state index contributed by atoms with van der Waals surface area (Å²) in [6, 6.07) is 4.44. The molecule has 1 aromatic carbocycles. The van der Waals surface area contributed by atoms with E-state index in [2.05, 4.69) is 6.58 Å². The molecule has 0 aliphatic carbocycles. The minimum Gasteiger partial charge on any atom is -0.466 e. The third-order valence-electron chi connectivity index (χ3n) is 7.19. The van der Waals surface area contributed by atoms with E-state index in [1.807, 2.05) is 19.1 Å². The Morgan fingerprint density at radius 1 is 1.44 bits per heavy atom. The van der Waals surface area contributed by atoms with E-state index in [0.717, 1.165) is 5.56 Å². The number of amides is 2. The second-order valence-electron chi connectivity index (χ2n) is 9.06. The molecule has 3 heterocycles. The quantitative estimate of drug-likeness (QED) is 0.422. The van der Waals surface area contributed by atoms with Crippen LogP contribution in [0.1, 0.15) is 31.7 Å². The molecule has 3 saturated heterocycles. The molecule has 0 unspecified atom stereocenters. The predicted octanol–water partition coefficient (Wildman–Crippen LogP) is 2.49. The predicted molar refractivity (Wildman–Crippen MR) is 126 cm³/mol.